The molecule has 0 bridgehead atoms. The molecule has 0 aliphatic carbocycles. The number of aryl methyl sites for hydroxylation is 1. The van der Waals surface area contributed by atoms with Crippen molar-refractivity contribution in [2.45, 2.75) is 71.3 Å². The number of hydrogen-bond donors (Lipinski definition) is 2. The van der Waals surface area contributed by atoms with Crippen LogP contribution in [-0.2, 0) is 22.4 Å². The van der Waals surface area contributed by atoms with Gasteiger partial charge in [0, 0.05) is 48.6 Å². The van der Waals surface area contributed by atoms with Gasteiger partial charge >= 0.3 is 5.97 Å². The van der Waals surface area contributed by atoms with Gasteiger partial charge in [0.05, 0.1) is 12.5 Å². The van der Waals surface area contributed by atoms with Crippen molar-refractivity contribution in [2.24, 2.45) is 5.92 Å². The van der Waals surface area contributed by atoms with E-state index in [1.165, 1.54) is 25.7 Å². The van der Waals surface area contributed by atoms with Gasteiger partial charge < -0.3 is 20.1 Å². The molecule has 1 aliphatic rings. The Kier molecular flexibility index (Phi) is 12.5. The topological polar surface area (TPSA) is 122 Å². The average molecular weight is 663 g/mol. The zero-order chi connectivity index (χ0) is 34.6. The molecular weight excluding hydrogens is 616 g/mol. The summed E-state index contributed by atoms with van der Waals surface area (Å²) in [6, 6.07) is 22.1. The number of hydrogen-bond acceptors (Lipinski definition) is 6. The molecule has 256 valence electrons. The molecule has 1 aliphatic heterocycles. The Morgan fingerprint density at radius 2 is 1.49 bits per heavy atom. The molecule has 49 heavy (non-hydrogen) atoms. The minimum atomic E-state index is -0.913. The molecule has 2 amide bonds. The number of likely N-dealkylation sites (tertiary alicyclic amines) is 1. The van der Waals surface area contributed by atoms with E-state index in [0.717, 1.165) is 53.0 Å². The maximum atomic E-state index is 13.6. The van der Waals surface area contributed by atoms with Gasteiger partial charge in [-0.05, 0) is 60.2 Å². The van der Waals surface area contributed by atoms with Gasteiger partial charge in [0.1, 0.15) is 11.8 Å². The van der Waals surface area contributed by atoms with Crippen molar-refractivity contribution < 1.29 is 24.2 Å². The highest BCUT2D eigenvalue weighted by Crippen LogP contribution is 2.24. The summed E-state index contributed by atoms with van der Waals surface area (Å²) in [6.07, 6.45) is 11.1. The minimum Gasteiger partial charge on any atom is -0.494 e. The van der Waals surface area contributed by atoms with Gasteiger partial charge in [0.15, 0.2) is 5.82 Å². The quantitative estimate of drug-likeness (QED) is 0.124. The summed E-state index contributed by atoms with van der Waals surface area (Å²) in [6.45, 7) is 5.47. The Morgan fingerprint density at radius 3 is 2.12 bits per heavy atom. The number of rotatable bonds is 16. The second-order valence-corrected chi connectivity index (χ2v) is 12.7. The first-order valence-electron chi connectivity index (χ1n) is 17.4. The predicted molar refractivity (Wildman–Crippen MR) is 190 cm³/mol. The Labute approximate surface area is 288 Å². The summed E-state index contributed by atoms with van der Waals surface area (Å²) >= 11 is 0. The highest BCUT2D eigenvalue weighted by Gasteiger charge is 2.35. The average Bonchev–Trinajstić information content (AvgIpc) is 3.64. The molecule has 2 unspecified atom stereocenters. The number of carbonyl (C=O) groups excluding carboxylic acids is 2. The fourth-order valence-electron chi connectivity index (χ4n) is 6.01. The van der Waals surface area contributed by atoms with Crippen molar-refractivity contribution >= 4 is 17.8 Å². The summed E-state index contributed by atoms with van der Waals surface area (Å²) < 4.78 is 5.89. The molecule has 1 saturated heterocycles. The highest BCUT2D eigenvalue weighted by molar-refractivity contribution is 5.97. The van der Waals surface area contributed by atoms with Crippen molar-refractivity contribution in [3.63, 3.8) is 0 Å². The summed E-state index contributed by atoms with van der Waals surface area (Å²) in [4.78, 5) is 49.1. The molecule has 5 rings (SSSR count). The third kappa shape index (κ3) is 9.75. The van der Waals surface area contributed by atoms with Gasteiger partial charge in [-0.1, -0.05) is 88.1 Å². The number of amides is 2. The maximum absolute atomic E-state index is 13.6. The molecule has 9 nitrogen and oxygen atoms in total. The highest BCUT2D eigenvalue weighted by atomic mass is 16.5. The number of carbonyl (C=O) groups is 3. The van der Waals surface area contributed by atoms with E-state index in [4.69, 9.17) is 4.74 Å². The zero-order valence-electron chi connectivity index (χ0n) is 28.4. The third-order valence-electron chi connectivity index (χ3n) is 9.09. The van der Waals surface area contributed by atoms with Crippen LogP contribution in [0.5, 0.6) is 5.75 Å². The number of aromatic nitrogens is 2. The Morgan fingerprint density at radius 1 is 0.837 bits per heavy atom. The van der Waals surface area contributed by atoms with Crippen LogP contribution in [0.1, 0.15) is 73.9 Å². The van der Waals surface area contributed by atoms with Crippen LogP contribution < -0.4 is 10.1 Å². The molecule has 9 heteroatoms. The lowest BCUT2D eigenvalue weighted by Gasteiger charge is -2.24. The largest absolute Gasteiger partial charge is 0.494 e. The van der Waals surface area contributed by atoms with Crippen molar-refractivity contribution in [3.05, 3.63) is 102 Å². The lowest BCUT2D eigenvalue weighted by molar-refractivity contribution is -0.141. The third-order valence-corrected chi connectivity index (χ3v) is 9.09. The summed E-state index contributed by atoms with van der Waals surface area (Å²) in [5, 5.41) is 12.4. The molecule has 4 aromatic rings. The van der Waals surface area contributed by atoms with Gasteiger partial charge in [0.2, 0.25) is 5.91 Å². The molecule has 0 radical (unpaired) electrons. The molecule has 2 atom stereocenters. The van der Waals surface area contributed by atoms with Crippen LogP contribution in [-0.4, -0.2) is 63.5 Å². The number of nitrogens with zero attached hydrogens (tertiary/aromatic N) is 3. The molecule has 1 fully saturated rings. The molecule has 2 heterocycles. The minimum absolute atomic E-state index is 0.134. The van der Waals surface area contributed by atoms with E-state index in [9.17, 15) is 19.5 Å². The van der Waals surface area contributed by atoms with E-state index in [1.54, 1.807) is 29.4 Å². The van der Waals surface area contributed by atoms with Crippen molar-refractivity contribution in [3.8, 4) is 28.3 Å². The number of aliphatic carboxylic acids is 1. The molecule has 3 aromatic carbocycles. The Hall–Kier alpha value is -5.05. The summed E-state index contributed by atoms with van der Waals surface area (Å²) in [7, 11) is 0. The van der Waals surface area contributed by atoms with Crippen LogP contribution in [0.2, 0.25) is 0 Å². The number of benzene rings is 3. The number of carboxylic acid groups (broad SMARTS) is 1. The van der Waals surface area contributed by atoms with Crippen LogP contribution in [0.25, 0.3) is 22.5 Å². The lowest BCUT2D eigenvalue weighted by Crippen LogP contribution is -2.49. The number of carboxylic acids is 1. The Balaban J connectivity index is 1.22. The fraction of sp³-hybridized carbons (Fsp3) is 0.375. The van der Waals surface area contributed by atoms with Crippen molar-refractivity contribution in [1.29, 1.82) is 0 Å². The second-order valence-electron chi connectivity index (χ2n) is 12.7. The van der Waals surface area contributed by atoms with E-state index in [-0.39, 0.29) is 24.8 Å². The predicted octanol–water partition coefficient (Wildman–Crippen LogP) is 7.00. The fourth-order valence-corrected chi connectivity index (χ4v) is 6.01. The van der Waals surface area contributed by atoms with E-state index in [0.29, 0.717) is 24.4 Å². The first-order valence-corrected chi connectivity index (χ1v) is 17.4. The van der Waals surface area contributed by atoms with Crippen LogP contribution in [0.4, 0.5) is 0 Å². The van der Waals surface area contributed by atoms with E-state index in [1.807, 2.05) is 67.6 Å². The maximum Gasteiger partial charge on any atom is 0.308 e. The van der Waals surface area contributed by atoms with Crippen molar-refractivity contribution in [1.82, 2.24) is 20.2 Å². The summed E-state index contributed by atoms with van der Waals surface area (Å²) in [5.74, 6) is -0.713. The van der Waals surface area contributed by atoms with Gasteiger partial charge in [-0.15, -0.1) is 0 Å². The van der Waals surface area contributed by atoms with E-state index >= 15 is 0 Å². The standard InChI is InChI=1S/C40H46N4O5/c1-3-5-6-7-8-23-49-35-19-17-30(18-20-35)34-25-41-37(42-26-34)31-13-11-29(12-14-31)24-36(39(46)44-22-21-33(27-44)40(47)48)43-38(45)32-15-9-28(4-2)10-16-32/h9-20,25-26,33,36H,3-8,21-24,27H2,1-2H3,(H,43,45)(H,47,48). The first kappa shape index (κ1) is 35.3. The number of nitrogens with one attached hydrogen (secondary N) is 1. The molecule has 2 N–H and O–H groups in total. The molecule has 0 saturated carbocycles. The van der Waals surface area contributed by atoms with Crippen LogP contribution in [0.3, 0.4) is 0 Å². The smallest absolute Gasteiger partial charge is 0.308 e. The van der Waals surface area contributed by atoms with Crippen LogP contribution in [0, 0.1) is 5.92 Å². The van der Waals surface area contributed by atoms with Gasteiger partial charge in [0.25, 0.3) is 5.91 Å². The molecule has 1 aromatic heterocycles. The molecule has 0 spiro atoms. The van der Waals surface area contributed by atoms with Gasteiger partial charge in [-0.2, -0.15) is 0 Å². The molecular formula is C40H46N4O5. The van der Waals surface area contributed by atoms with Crippen LogP contribution in [0.15, 0.2) is 85.2 Å². The first-order chi connectivity index (χ1) is 23.8. The van der Waals surface area contributed by atoms with Crippen LogP contribution >= 0.6 is 0 Å². The normalized spacial score (nSPS) is 14.7. The van der Waals surface area contributed by atoms with Gasteiger partial charge in [-0.3, -0.25) is 14.4 Å². The second kappa shape index (κ2) is 17.4. The Bertz CT molecular complexity index is 1670. The monoisotopic (exact) mass is 662 g/mol. The van der Waals surface area contributed by atoms with Crippen molar-refractivity contribution in [2.75, 3.05) is 19.7 Å². The van der Waals surface area contributed by atoms with E-state index in [2.05, 4.69) is 22.2 Å². The number of ether oxygens (including phenoxy) is 1. The lowest BCUT2D eigenvalue weighted by atomic mass is 10.0. The van der Waals surface area contributed by atoms with E-state index < -0.39 is 17.9 Å². The van der Waals surface area contributed by atoms with Gasteiger partial charge in [-0.25, -0.2) is 9.97 Å². The summed E-state index contributed by atoms with van der Waals surface area (Å²) in [5.41, 5.74) is 5.15. The number of unbranched alkanes of at least 4 members (excludes halogenated alkanes) is 4. The zero-order valence-corrected chi connectivity index (χ0v) is 28.4. The SMILES string of the molecule is CCCCCCCOc1ccc(-c2cnc(-c3ccc(CC(NC(=O)c4ccc(CC)cc4)C(=O)N4CCC(C(=O)O)C4)cc3)nc2)cc1.